The number of hydrazine groups is 1. The Morgan fingerprint density at radius 3 is 2.74 bits per heavy atom. The zero-order chi connectivity index (χ0) is 24.7. The maximum Gasteiger partial charge on any atom is 0.220 e. The Hall–Kier alpha value is -2.72. The largest absolute Gasteiger partial charge is 0.484 e. The summed E-state index contributed by atoms with van der Waals surface area (Å²) >= 11 is 0. The average molecular weight is 474 g/mol. The third-order valence-electron chi connectivity index (χ3n) is 6.09. The Morgan fingerprint density at radius 2 is 2.15 bits per heavy atom. The predicted molar refractivity (Wildman–Crippen MR) is 133 cm³/mol. The summed E-state index contributed by atoms with van der Waals surface area (Å²) in [5.74, 6) is 1.23. The molecule has 0 spiro atoms. The maximum atomic E-state index is 11.4. The minimum Gasteiger partial charge on any atom is -0.484 e. The third kappa shape index (κ3) is 7.14. The maximum absolute atomic E-state index is 11.4. The molecule has 3 rings (SSSR count). The van der Waals surface area contributed by atoms with Crippen molar-refractivity contribution in [3.05, 3.63) is 29.7 Å². The lowest BCUT2D eigenvalue weighted by molar-refractivity contribution is -0.119. The highest BCUT2D eigenvalue weighted by atomic mass is 16.5. The van der Waals surface area contributed by atoms with Crippen LogP contribution < -0.4 is 10.7 Å². The number of aromatic nitrogens is 2. The molecule has 34 heavy (non-hydrogen) atoms. The minimum absolute atomic E-state index is 0.0542. The normalized spacial score (nSPS) is 22.4. The number of ether oxygens (including phenoxy) is 2. The summed E-state index contributed by atoms with van der Waals surface area (Å²) in [7, 11) is 7.38. The van der Waals surface area contributed by atoms with Gasteiger partial charge in [-0.15, -0.1) is 0 Å². The molecule has 0 saturated carbocycles. The Morgan fingerprint density at radius 1 is 1.35 bits per heavy atom. The Balaban J connectivity index is 1.70. The molecule has 10 nitrogen and oxygen atoms in total. The molecule has 0 radical (unpaired) electrons. The number of aryl methyl sites for hydroxylation is 1. The second kappa shape index (κ2) is 12.1. The van der Waals surface area contributed by atoms with Crippen LogP contribution in [0.25, 0.3) is 0 Å². The Kier molecular flexibility index (Phi) is 9.23. The molecule has 3 unspecified atom stereocenters. The lowest BCUT2D eigenvalue weighted by Gasteiger charge is -2.23. The van der Waals surface area contributed by atoms with Crippen LogP contribution in [-0.2, 0) is 27.7 Å². The van der Waals surface area contributed by atoms with Crippen LogP contribution in [0.4, 0.5) is 0 Å². The van der Waals surface area contributed by atoms with Crippen LogP contribution >= 0.6 is 0 Å². The number of aliphatic imine (C=N–C) groups is 2. The highest BCUT2D eigenvalue weighted by molar-refractivity contribution is 5.93. The monoisotopic (exact) mass is 473 g/mol. The van der Waals surface area contributed by atoms with Crippen molar-refractivity contribution in [2.75, 3.05) is 41.0 Å². The smallest absolute Gasteiger partial charge is 0.220 e. The fourth-order valence-corrected chi connectivity index (χ4v) is 4.33. The van der Waals surface area contributed by atoms with Crippen molar-refractivity contribution in [3.8, 4) is 0 Å². The van der Waals surface area contributed by atoms with Gasteiger partial charge in [0.25, 0.3) is 0 Å². The van der Waals surface area contributed by atoms with Crippen molar-refractivity contribution in [2.24, 2.45) is 28.9 Å². The molecular weight excluding hydrogens is 434 g/mol. The lowest BCUT2D eigenvalue weighted by atomic mass is 9.96. The number of hydrogen-bond donors (Lipinski definition) is 2. The fraction of sp³-hybridized carbons (Fsp3) is 0.667. The van der Waals surface area contributed by atoms with E-state index in [4.69, 9.17) is 14.5 Å². The molecule has 1 aromatic heterocycles. The van der Waals surface area contributed by atoms with Gasteiger partial charge >= 0.3 is 0 Å². The molecule has 0 aliphatic carbocycles. The Bertz CT molecular complexity index is 921. The van der Waals surface area contributed by atoms with Gasteiger partial charge in [-0.3, -0.25) is 14.5 Å². The predicted octanol–water partition coefficient (Wildman–Crippen LogP) is 1.35. The molecule has 0 aromatic carbocycles. The number of rotatable bonds is 11. The van der Waals surface area contributed by atoms with Crippen LogP contribution in [0.5, 0.6) is 0 Å². The summed E-state index contributed by atoms with van der Waals surface area (Å²) in [4.78, 5) is 21.0. The molecule has 3 atom stereocenters. The van der Waals surface area contributed by atoms with Gasteiger partial charge in [-0.1, -0.05) is 13.8 Å². The van der Waals surface area contributed by atoms with Crippen molar-refractivity contribution in [3.63, 3.8) is 0 Å². The second-order valence-corrected chi connectivity index (χ2v) is 9.33. The summed E-state index contributed by atoms with van der Waals surface area (Å²) in [5.41, 5.74) is 6.57. The number of carbonyl (C=O) groups is 1. The van der Waals surface area contributed by atoms with Gasteiger partial charge < -0.3 is 19.8 Å². The minimum atomic E-state index is -0.178. The van der Waals surface area contributed by atoms with Crippen molar-refractivity contribution >= 4 is 17.5 Å². The van der Waals surface area contributed by atoms with E-state index in [0.717, 1.165) is 17.0 Å². The molecule has 188 valence electrons. The molecule has 2 N–H and O–H groups in total. The zero-order valence-corrected chi connectivity index (χ0v) is 21.2. The summed E-state index contributed by atoms with van der Waals surface area (Å²) in [6.45, 7) is 5.91. The molecule has 2 aliphatic rings. The lowest BCUT2D eigenvalue weighted by Crippen LogP contribution is -2.38. The summed E-state index contributed by atoms with van der Waals surface area (Å²) < 4.78 is 13.4. The number of amides is 1. The van der Waals surface area contributed by atoms with Gasteiger partial charge in [-0.05, 0) is 11.6 Å². The first-order chi connectivity index (χ1) is 16.3. The van der Waals surface area contributed by atoms with E-state index in [9.17, 15) is 4.79 Å². The molecule has 1 amide bonds. The van der Waals surface area contributed by atoms with Gasteiger partial charge in [0.05, 0.1) is 38.1 Å². The van der Waals surface area contributed by atoms with Crippen LogP contribution in [0.1, 0.15) is 32.4 Å². The van der Waals surface area contributed by atoms with Crippen LogP contribution in [0.2, 0.25) is 0 Å². The number of nitrogens with one attached hydrogen (secondary N) is 2. The quantitative estimate of drug-likeness (QED) is 0.371. The van der Waals surface area contributed by atoms with E-state index in [-0.39, 0.29) is 29.8 Å². The standard InChI is InChI=1S/C24H39N7O3/c1-16(2)24(33-6)27-22(10-19-7-8-30(4)28-19)21(25-3)11-20-18(13-31(5)29-20)15-34-14-17-9-23(32)26-12-17/h7-8,13,16-17,20,22,29H,9-12,14-15H2,1-6H3,(H,26,32). The summed E-state index contributed by atoms with van der Waals surface area (Å²) in [6, 6.07) is 1.89. The molecule has 1 saturated heterocycles. The number of nitrogens with zero attached hydrogens (tertiary/aromatic N) is 5. The van der Waals surface area contributed by atoms with Crippen molar-refractivity contribution in [1.82, 2.24) is 25.5 Å². The summed E-state index contributed by atoms with van der Waals surface area (Å²) in [5, 5.41) is 9.38. The first kappa shape index (κ1) is 25.9. The highest BCUT2D eigenvalue weighted by Crippen LogP contribution is 2.20. The van der Waals surface area contributed by atoms with E-state index in [0.29, 0.717) is 44.9 Å². The van der Waals surface area contributed by atoms with Gasteiger partial charge in [0.2, 0.25) is 5.91 Å². The van der Waals surface area contributed by atoms with E-state index in [1.54, 1.807) is 11.8 Å². The summed E-state index contributed by atoms with van der Waals surface area (Å²) in [6.07, 6.45) is 5.89. The van der Waals surface area contributed by atoms with Crippen molar-refractivity contribution in [1.29, 1.82) is 0 Å². The van der Waals surface area contributed by atoms with E-state index in [1.807, 2.05) is 38.4 Å². The van der Waals surface area contributed by atoms with Gasteiger partial charge in [0.15, 0.2) is 5.90 Å². The number of methoxy groups -OCH3 is 1. The topological polar surface area (TPSA) is 105 Å². The van der Waals surface area contributed by atoms with Crippen molar-refractivity contribution < 1.29 is 14.3 Å². The Labute approximate surface area is 202 Å². The second-order valence-electron chi connectivity index (χ2n) is 9.33. The first-order valence-corrected chi connectivity index (χ1v) is 11.9. The third-order valence-corrected chi connectivity index (χ3v) is 6.09. The molecule has 1 aromatic rings. The van der Waals surface area contributed by atoms with Crippen LogP contribution in [0.3, 0.4) is 0 Å². The molecule has 10 heteroatoms. The number of carbonyl (C=O) groups excluding carboxylic acids is 1. The van der Waals surface area contributed by atoms with E-state index in [2.05, 4.69) is 40.9 Å². The van der Waals surface area contributed by atoms with Gasteiger partial charge in [-0.2, -0.15) is 5.10 Å². The zero-order valence-electron chi connectivity index (χ0n) is 21.2. The van der Waals surface area contributed by atoms with Gasteiger partial charge in [-0.25, -0.2) is 10.4 Å². The molecule has 0 bridgehead atoms. The number of hydrogen-bond acceptors (Lipinski definition) is 8. The van der Waals surface area contributed by atoms with E-state index in [1.165, 1.54) is 0 Å². The molecular formula is C24H39N7O3. The SMILES string of the molecule is CN=C(CC1NN(C)C=C1COCC1CNC(=O)C1)C(Cc1ccn(C)n1)N=C(OC)C(C)C. The molecule has 3 heterocycles. The van der Waals surface area contributed by atoms with E-state index >= 15 is 0 Å². The first-order valence-electron chi connectivity index (χ1n) is 11.9. The van der Waals surface area contributed by atoms with Crippen LogP contribution in [0, 0.1) is 11.8 Å². The van der Waals surface area contributed by atoms with Crippen molar-refractivity contribution in [2.45, 2.75) is 45.2 Å². The highest BCUT2D eigenvalue weighted by Gasteiger charge is 2.29. The van der Waals surface area contributed by atoms with Gasteiger partial charge in [0.1, 0.15) is 0 Å². The molecule has 2 aliphatic heterocycles. The van der Waals surface area contributed by atoms with E-state index < -0.39 is 0 Å². The molecule has 1 fully saturated rings. The fourth-order valence-electron chi connectivity index (χ4n) is 4.33. The average Bonchev–Trinajstić information content (AvgIpc) is 3.49. The van der Waals surface area contributed by atoms with Crippen LogP contribution in [0.15, 0.2) is 34.0 Å². The van der Waals surface area contributed by atoms with Gasteiger partial charge in [0, 0.05) is 76.9 Å². The van der Waals surface area contributed by atoms with Crippen LogP contribution in [-0.4, -0.2) is 85.4 Å².